The highest BCUT2D eigenvalue weighted by Gasteiger charge is 2.16. The number of carbonyl (C=O) groups excluding carboxylic acids is 1. The minimum Gasteiger partial charge on any atom is -0.387 e. The van der Waals surface area contributed by atoms with Gasteiger partial charge in [-0.1, -0.05) is 6.07 Å². The zero-order valence-corrected chi connectivity index (χ0v) is 12.2. The van der Waals surface area contributed by atoms with E-state index >= 15 is 0 Å². The number of nitrogens with one attached hydrogen (secondary N) is 1. The summed E-state index contributed by atoms with van der Waals surface area (Å²) in [6.07, 6.45) is -0.791. The van der Waals surface area contributed by atoms with Crippen molar-refractivity contribution in [3.63, 3.8) is 0 Å². The van der Waals surface area contributed by atoms with Crippen LogP contribution in [0.25, 0.3) is 0 Å². The molecule has 1 unspecified atom stereocenters. The van der Waals surface area contributed by atoms with Crippen LogP contribution in [0.2, 0.25) is 0 Å². The van der Waals surface area contributed by atoms with Gasteiger partial charge in [-0.2, -0.15) is 11.3 Å². The fourth-order valence-electron chi connectivity index (χ4n) is 1.57. The molecule has 1 aromatic heterocycles. The van der Waals surface area contributed by atoms with Gasteiger partial charge in [-0.15, -0.1) is 0 Å². The molecule has 1 aromatic carbocycles. The van der Waals surface area contributed by atoms with Crippen LogP contribution in [-0.2, 0) is 0 Å². The van der Waals surface area contributed by atoms with E-state index in [-0.39, 0.29) is 12.1 Å². The molecule has 0 aliphatic rings. The van der Waals surface area contributed by atoms with Crippen LogP contribution in [0.1, 0.15) is 22.0 Å². The van der Waals surface area contributed by atoms with Crippen molar-refractivity contribution in [3.8, 4) is 0 Å². The van der Waals surface area contributed by atoms with Gasteiger partial charge in [0.1, 0.15) is 5.82 Å². The fraction of sp³-hybridized carbons (Fsp3) is 0.154. The third-order valence-electron chi connectivity index (χ3n) is 2.57. The monoisotopic (exact) mass is 343 g/mol. The SMILES string of the molecule is O=C(NCC(O)c1ccsc1)c1c(F)cccc1Br. The molecule has 6 heteroatoms. The molecule has 100 valence electrons. The Labute approximate surface area is 122 Å². The van der Waals surface area contributed by atoms with Gasteiger partial charge in [0.25, 0.3) is 5.91 Å². The van der Waals surface area contributed by atoms with Crippen molar-refractivity contribution in [3.05, 3.63) is 56.4 Å². The van der Waals surface area contributed by atoms with Gasteiger partial charge in [0.15, 0.2) is 0 Å². The number of benzene rings is 1. The van der Waals surface area contributed by atoms with Crippen LogP contribution in [-0.4, -0.2) is 17.6 Å². The van der Waals surface area contributed by atoms with Crippen molar-refractivity contribution < 1.29 is 14.3 Å². The van der Waals surface area contributed by atoms with Gasteiger partial charge in [0.05, 0.1) is 11.7 Å². The zero-order chi connectivity index (χ0) is 13.8. The molecule has 2 aromatic rings. The molecule has 2 rings (SSSR count). The molecule has 0 spiro atoms. The van der Waals surface area contributed by atoms with Crippen LogP contribution >= 0.6 is 27.3 Å². The minimum absolute atomic E-state index is 0.0380. The number of amides is 1. The zero-order valence-electron chi connectivity index (χ0n) is 9.77. The summed E-state index contributed by atoms with van der Waals surface area (Å²) in [5, 5.41) is 16.0. The van der Waals surface area contributed by atoms with Crippen LogP contribution < -0.4 is 5.32 Å². The van der Waals surface area contributed by atoms with Gasteiger partial charge in [-0.25, -0.2) is 4.39 Å². The molecular formula is C13H11BrFNO2S. The quantitative estimate of drug-likeness (QED) is 0.895. The predicted molar refractivity (Wildman–Crippen MR) is 75.7 cm³/mol. The fourth-order valence-corrected chi connectivity index (χ4v) is 2.80. The highest BCUT2D eigenvalue weighted by Crippen LogP contribution is 2.20. The van der Waals surface area contributed by atoms with Gasteiger partial charge in [-0.05, 0) is 50.5 Å². The third-order valence-corrected chi connectivity index (χ3v) is 3.94. The van der Waals surface area contributed by atoms with Crippen LogP contribution in [0.15, 0.2) is 39.5 Å². The molecule has 1 heterocycles. The van der Waals surface area contributed by atoms with Gasteiger partial charge in [0, 0.05) is 11.0 Å². The molecule has 0 saturated heterocycles. The molecule has 0 fully saturated rings. The molecule has 3 nitrogen and oxygen atoms in total. The van der Waals surface area contributed by atoms with Crippen molar-refractivity contribution in [1.29, 1.82) is 0 Å². The lowest BCUT2D eigenvalue weighted by Gasteiger charge is -2.11. The van der Waals surface area contributed by atoms with Gasteiger partial charge in [0.2, 0.25) is 0 Å². The minimum atomic E-state index is -0.791. The highest BCUT2D eigenvalue weighted by molar-refractivity contribution is 9.10. The molecule has 1 amide bonds. The number of hydrogen-bond donors (Lipinski definition) is 2. The summed E-state index contributed by atoms with van der Waals surface area (Å²) in [5.74, 6) is -1.16. The molecular weight excluding hydrogens is 333 g/mol. The maximum absolute atomic E-state index is 13.5. The number of aliphatic hydroxyl groups excluding tert-OH is 1. The van der Waals surface area contributed by atoms with E-state index in [0.29, 0.717) is 4.47 Å². The van der Waals surface area contributed by atoms with E-state index in [1.165, 1.54) is 23.5 Å². The lowest BCUT2D eigenvalue weighted by molar-refractivity contribution is 0.0911. The van der Waals surface area contributed by atoms with E-state index in [4.69, 9.17) is 0 Å². The Hall–Kier alpha value is -1.24. The summed E-state index contributed by atoms with van der Waals surface area (Å²) < 4.78 is 13.9. The summed E-state index contributed by atoms with van der Waals surface area (Å²) in [4.78, 5) is 11.9. The third kappa shape index (κ3) is 3.40. The van der Waals surface area contributed by atoms with E-state index in [1.54, 1.807) is 17.5 Å². The number of thiophene rings is 1. The van der Waals surface area contributed by atoms with E-state index < -0.39 is 17.8 Å². The van der Waals surface area contributed by atoms with Gasteiger partial charge < -0.3 is 10.4 Å². The van der Waals surface area contributed by atoms with Crippen molar-refractivity contribution in [2.45, 2.75) is 6.10 Å². The molecule has 0 bridgehead atoms. The van der Waals surface area contributed by atoms with Crippen LogP contribution in [0, 0.1) is 5.82 Å². The first kappa shape index (κ1) is 14.2. The summed E-state index contributed by atoms with van der Waals surface area (Å²) in [7, 11) is 0. The Kier molecular flexibility index (Phi) is 4.68. The van der Waals surface area contributed by atoms with Gasteiger partial charge >= 0.3 is 0 Å². The maximum atomic E-state index is 13.5. The van der Waals surface area contributed by atoms with Crippen molar-refractivity contribution in [1.82, 2.24) is 5.32 Å². The summed E-state index contributed by atoms with van der Waals surface area (Å²) >= 11 is 4.60. The number of rotatable bonds is 4. The van der Waals surface area contributed by atoms with E-state index in [1.807, 2.05) is 5.38 Å². The van der Waals surface area contributed by atoms with Crippen LogP contribution in [0.4, 0.5) is 4.39 Å². The second-order valence-corrected chi connectivity index (χ2v) is 5.51. The number of hydrogen-bond acceptors (Lipinski definition) is 3. The second-order valence-electron chi connectivity index (χ2n) is 3.88. The summed E-state index contributed by atoms with van der Waals surface area (Å²) in [6, 6.07) is 6.10. The Morgan fingerprint density at radius 1 is 1.47 bits per heavy atom. The van der Waals surface area contributed by atoms with Crippen molar-refractivity contribution >= 4 is 33.2 Å². The van der Waals surface area contributed by atoms with E-state index in [2.05, 4.69) is 21.2 Å². The second kappa shape index (κ2) is 6.27. The number of carbonyl (C=O) groups is 1. The Morgan fingerprint density at radius 2 is 2.26 bits per heavy atom. The molecule has 0 radical (unpaired) electrons. The standard InChI is InChI=1S/C13H11BrFNO2S/c14-9-2-1-3-10(15)12(9)13(18)16-6-11(17)8-4-5-19-7-8/h1-5,7,11,17H,6H2,(H,16,18). The molecule has 0 aliphatic carbocycles. The Morgan fingerprint density at radius 3 is 2.89 bits per heavy atom. The maximum Gasteiger partial charge on any atom is 0.255 e. The van der Waals surface area contributed by atoms with Gasteiger partial charge in [-0.3, -0.25) is 4.79 Å². The average molecular weight is 344 g/mol. The first-order valence-corrected chi connectivity index (χ1v) is 7.25. The Balaban J connectivity index is 2.02. The Bertz CT molecular complexity index is 554. The van der Waals surface area contributed by atoms with Crippen molar-refractivity contribution in [2.24, 2.45) is 0 Å². The normalized spacial score (nSPS) is 12.2. The van der Waals surface area contributed by atoms with E-state index in [9.17, 15) is 14.3 Å². The molecule has 0 saturated carbocycles. The predicted octanol–water partition coefficient (Wildman–Crippen LogP) is 3.11. The van der Waals surface area contributed by atoms with Crippen LogP contribution in [0.5, 0.6) is 0 Å². The summed E-state index contributed by atoms with van der Waals surface area (Å²) in [6.45, 7) is 0.0380. The van der Waals surface area contributed by atoms with E-state index in [0.717, 1.165) is 5.56 Å². The molecule has 19 heavy (non-hydrogen) atoms. The van der Waals surface area contributed by atoms with Crippen molar-refractivity contribution in [2.75, 3.05) is 6.54 Å². The molecule has 1 atom stereocenters. The lowest BCUT2D eigenvalue weighted by atomic mass is 10.1. The molecule has 2 N–H and O–H groups in total. The first-order chi connectivity index (χ1) is 9.09. The average Bonchev–Trinajstić information content (AvgIpc) is 2.89. The summed E-state index contributed by atoms with van der Waals surface area (Å²) in [5.41, 5.74) is 0.679. The largest absolute Gasteiger partial charge is 0.387 e. The first-order valence-electron chi connectivity index (χ1n) is 5.52. The topological polar surface area (TPSA) is 49.3 Å². The smallest absolute Gasteiger partial charge is 0.255 e. The van der Waals surface area contributed by atoms with Crippen LogP contribution in [0.3, 0.4) is 0 Å². The highest BCUT2D eigenvalue weighted by atomic mass is 79.9. The molecule has 0 aliphatic heterocycles. The number of halogens is 2. The lowest BCUT2D eigenvalue weighted by Crippen LogP contribution is -2.29. The number of aliphatic hydroxyl groups is 1.